The molecular weight excluding hydrogens is 202 g/mol. The lowest BCUT2D eigenvalue weighted by atomic mass is 9.95. The van der Waals surface area contributed by atoms with Crippen LogP contribution in [-0.2, 0) is 0 Å². The highest BCUT2D eigenvalue weighted by atomic mass is 16.2. The van der Waals surface area contributed by atoms with E-state index in [-0.39, 0.29) is 12.1 Å². The van der Waals surface area contributed by atoms with E-state index in [9.17, 15) is 4.79 Å². The quantitative estimate of drug-likeness (QED) is 0.639. The molecule has 2 amide bonds. The van der Waals surface area contributed by atoms with E-state index in [1.807, 2.05) is 0 Å². The van der Waals surface area contributed by atoms with Crippen molar-refractivity contribution in [3.05, 3.63) is 0 Å². The van der Waals surface area contributed by atoms with Crippen LogP contribution in [0, 0.1) is 0 Å². The predicted molar refractivity (Wildman–Crippen MR) is 66.5 cm³/mol. The number of amides is 2. The number of carbonyl (C=O) groups is 1. The lowest BCUT2D eigenvalue weighted by molar-refractivity contribution is 0.222. The summed E-state index contributed by atoms with van der Waals surface area (Å²) in [5, 5.41) is 9.38. The van der Waals surface area contributed by atoms with Gasteiger partial charge in [0.25, 0.3) is 0 Å². The Bertz CT molecular complexity index is 220. The van der Waals surface area contributed by atoms with Gasteiger partial charge in [0.05, 0.1) is 0 Å². The number of piperidine rings is 1. The maximum absolute atomic E-state index is 11.6. The molecule has 0 aromatic rings. The molecular formula is C12H25N3O. The van der Waals surface area contributed by atoms with E-state index in [1.165, 1.54) is 0 Å². The zero-order valence-corrected chi connectivity index (χ0v) is 10.7. The molecule has 16 heavy (non-hydrogen) atoms. The SMILES string of the molecule is CCCCNC(=O)NC1CCC(C)NC1C. The first-order chi connectivity index (χ1) is 7.63. The summed E-state index contributed by atoms with van der Waals surface area (Å²) in [6.45, 7) is 7.21. The third-order valence-electron chi connectivity index (χ3n) is 3.19. The highest BCUT2D eigenvalue weighted by Gasteiger charge is 2.25. The molecule has 3 N–H and O–H groups in total. The van der Waals surface area contributed by atoms with Gasteiger partial charge in [-0.1, -0.05) is 13.3 Å². The second kappa shape index (κ2) is 6.74. The Labute approximate surface area is 98.6 Å². The molecule has 1 aliphatic heterocycles. The van der Waals surface area contributed by atoms with Crippen molar-refractivity contribution >= 4 is 6.03 Å². The van der Waals surface area contributed by atoms with Gasteiger partial charge in [0, 0.05) is 24.7 Å². The third kappa shape index (κ3) is 4.39. The number of nitrogens with one attached hydrogen (secondary N) is 3. The molecule has 4 nitrogen and oxygen atoms in total. The van der Waals surface area contributed by atoms with Gasteiger partial charge < -0.3 is 16.0 Å². The van der Waals surface area contributed by atoms with E-state index in [2.05, 4.69) is 36.7 Å². The second-order valence-corrected chi connectivity index (χ2v) is 4.79. The Kier molecular flexibility index (Phi) is 5.60. The summed E-state index contributed by atoms with van der Waals surface area (Å²) in [4.78, 5) is 11.6. The molecule has 0 radical (unpaired) electrons. The smallest absolute Gasteiger partial charge is 0.315 e. The Morgan fingerprint density at radius 1 is 1.38 bits per heavy atom. The standard InChI is InChI=1S/C12H25N3O/c1-4-5-8-13-12(16)15-11-7-6-9(2)14-10(11)3/h9-11,14H,4-8H2,1-3H3,(H2,13,15,16). The van der Waals surface area contributed by atoms with E-state index in [0.717, 1.165) is 32.2 Å². The summed E-state index contributed by atoms with van der Waals surface area (Å²) < 4.78 is 0. The first-order valence-electron chi connectivity index (χ1n) is 6.44. The fraction of sp³-hybridized carbons (Fsp3) is 0.917. The number of hydrogen-bond donors (Lipinski definition) is 3. The van der Waals surface area contributed by atoms with Crippen LogP contribution in [0.4, 0.5) is 4.79 Å². The van der Waals surface area contributed by atoms with Crippen LogP contribution >= 0.6 is 0 Å². The van der Waals surface area contributed by atoms with Crippen molar-refractivity contribution in [1.82, 2.24) is 16.0 Å². The topological polar surface area (TPSA) is 53.2 Å². The van der Waals surface area contributed by atoms with Gasteiger partial charge in [-0.15, -0.1) is 0 Å². The molecule has 0 aromatic heterocycles. The van der Waals surface area contributed by atoms with Crippen LogP contribution in [0.3, 0.4) is 0 Å². The number of hydrogen-bond acceptors (Lipinski definition) is 2. The number of unbranched alkanes of at least 4 members (excludes halogenated alkanes) is 1. The Balaban J connectivity index is 2.22. The zero-order chi connectivity index (χ0) is 12.0. The average Bonchev–Trinajstić information content (AvgIpc) is 2.23. The van der Waals surface area contributed by atoms with Gasteiger partial charge in [0.2, 0.25) is 0 Å². The zero-order valence-electron chi connectivity index (χ0n) is 10.7. The molecule has 3 atom stereocenters. The molecule has 0 bridgehead atoms. The number of urea groups is 1. The lowest BCUT2D eigenvalue weighted by Crippen LogP contribution is -2.56. The highest BCUT2D eigenvalue weighted by molar-refractivity contribution is 5.74. The molecule has 1 rings (SSSR count). The molecule has 0 aromatic carbocycles. The molecule has 0 aliphatic carbocycles. The lowest BCUT2D eigenvalue weighted by Gasteiger charge is -2.34. The van der Waals surface area contributed by atoms with E-state index in [1.54, 1.807) is 0 Å². The van der Waals surface area contributed by atoms with Gasteiger partial charge >= 0.3 is 6.03 Å². The van der Waals surface area contributed by atoms with E-state index >= 15 is 0 Å². The van der Waals surface area contributed by atoms with Crippen LogP contribution in [-0.4, -0.2) is 30.7 Å². The molecule has 1 saturated heterocycles. The Morgan fingerprint density at radius 3 is 2.75 bits per heavy atom. The van der Waals surface area contributed by atoms with Crippen LogP contribution < -0.4 is 16.0 Å². The third-order valence-corrected chi connectivity index (χ3v) is 3.19. The van der Waals surface area contributed by atoms with Crippen molar-refractivity contribution in [2.24, 2.45) is 0 Å². The molecule has 1 heterocycles. The summed E-state index contributed by atoms with van der Waals surface area (Å²) in [5.41, 5.74) is 0. The fourth-order valence-electron chi connectivity index (χ4n) is 2.12. The van der Waals surface area contributed by atoms with Crippen molar-refractivity contribution in [2.75, 3.05) is 6.54 Å². The van der Waals surface area contributed by atoms with Gasteiger partial charge in [-0.2, -0.15) is 0 Å². The maximum Gasteiger partial charge on any atom is 0.315 e. The van der Waals surface area contributed by atoms with Gasteiger partial charge in [0.1, 0.15) is 0 Å². The van der Waals surface area contributed by atoms with E-state index < -0.39 is 0 Å². The van der Waals surface area contributed by atoms with Gasteiger partial charge in [-0.3, -0.25) is 0 Å². The Morgan fingerprint density at radius 2 is 2.12 bits per heavy atom. The van der Waals surface area contributed by atoms with Crippen molar-refractivity contribution in [1.29, 1.82) is 0 Å². The molecule has 0 spiro atoms. The molecule has 1 fully saturated rings. The van der Waals surface area contributed by atoms with Gasteiger partial charge in [-0.25, -0.2) is 4.79 Å². The summed E-state index contributed by atoms with van der Waals surface area (Å²) in [5.74, 6) is 0. The largest absolute Gasteiger partial charge is 0.338 e. The summed E-state index contributed by atoms with van der Waals surface area (Å²) in [6.07, 6.45) is 4.35. The fourth-order valence-corrected chi connectivity index (χ4v) is 2.12. The van der Waals surface area contributed by atoms with E-state index in [4.69, 9.17) is 0 Å². The molecule has 3 unspecified atom stereocenters. The van der Waals surface area contributed by atoms with Crippen LogP contribution in [0.15, 0.2) is 0 Å². The molecule has 0 saturated carbocycles. The van der Waals surface area contributed by atoms with E-state index in [0.29, 0.717) is 12.1 Å². The molecule has 94 valence electrons. The maximum atomic E-state index is 11.6. The van der Waals surface area contributed by atoms with Crippen LogP contribution in [0.1, 0.15) is 46.5 Å². The highest BCUT2D eigenvalue weighted by Crippen LogP contribution is 2.12. The summed E-state index contributed by atoms with van der Waals surface area (Å²) in [7, 11) is 0. The van der Waals surface area contributed by atoms with Crippen molar-refractivity contribution < 1.29 is 4.79 Å². The summed E-state index contributed by atoms with van der Waals surface area (Å²) in [6, 6.07) is 1.16. The van der Waals surface area contributed by atoms with Crippen LogP contribution in [0.2, 0.25) is 0 Å². The monoisotopic (exact) mass is 227 g/mol. The minimum atomic E-state index is -0.0262. The predicted octanol–water partition coefficient (Wildman–Crippen LogP) is 1.61. The van der Waals surface area contributed by atoms with Gasteiger partial charge in [0.15, 0.2) is 0 Å². The number of rotatable bonds is 4. The first-order valence-corrected chi connectivity index (χ1v) is 6.44. The minimum Gasteiger partial charge on any atom is -0.338 e. The van der Waals surface area contributed by atoms with Crippen molar-refractivity contribution in [2.45, 2.75) is 64.6 Å². The van der Waals surface area contributed by atoms with Crippen LogP contribution in [0.25, 0.3) is 0 Å². The molecule has 1 aliphatic rings. The minimum absolute atomic E-state index is 0.0262. The summed E-state index contributed by atoms with van der Waals surface area (Å²) >= 11 is 0. The van der Waals surface area contributed by atoms with Gasteiger partial charge in [-0.05, 0) is 33.1 Å². The van der Waals surface area contributed by atoms with Crippen molar-refractivity contribution in [3.63, 3.8) is 0 Å². The first kappa shape index (κ1) is 13.3. The average molecular weight is 227 g/mol. The molecule has 4 heteroatoms. The second-order valence-electron chi connectivity index (χ2n) is 4.79. The normalized spacial score (nSPS) is 29.8. The van der Waals surface area contributed by atoms with Crippen LogP contribution in [0.5, 0.6) is 0 Å². The van der Waals surface area contributed by atoms with Crippen molar-refractivity contribution in [3.8, 4) is 0 Å². The number of carbonyl (C=O) groups excluding carboxylic acids is 1. The Hall–Kier alpha value is -0.770.